The van der Waals surface area contributed by atoms with Crippen LogP contribution in [0.3, 0.4) is 0 Å². The Labute approximate surface area is 137 Å². The van der Waals surface area contributed by atoms with Gasteiger partial charge in [-0.05, 0) is 69.3 Å². The van der Waals surface area contributed by atoms with Gasteiger partial charge in [-0.3, -0.25) is 4.68 Å². The van der Waals surface area contributed by atoms with Crippen LogP contribution in [0.1, 0.15) is 17.3 Å². The molecule has 1 unspecified atom stereocenters. The monoisotopic (exact) mass is 483 g/mol. The molecule has 0 aliphatic carbocycles. The van der Waals surface area contributed by atoms with Crippen molar-refractivity contribution in [3.63, 3.8) is 0 Å². The number of benzene rings is 1. The van der Waals surface area contributed by atoms with Crippen molar-refractivity contribution >= 4 is 54.5 Å². The maximum absolute atomic E-state index is 4.28. The smallest absolute Gasteiger partial charge is 0.0767 e. The van der Waals surface area contributed by atoms with Gasteiger partial charge in [0.15, 0.2) is 0 Å². The molecule has 1 heterocycles. The predicted molar refractivity (Wildman–Crippen MR) is 88.7 cm³/mol. The van der Waals surface area contributed by atoms with Gasteiger partial charge in [0.1, 0.15) is 0 Å². The zero-order valence-corrected chi connectivity index (χ0v) is 15.2. The Morgan fingerprint density at radius 1 is 1.39 bits per heavy atom. The maximum Gasteiger partial charge on any atom is 0.0767 e. The van der Waals surface area contributed by atoms with Crippen LogP contribution >= 0.6 is 54.5 Å². The average Bonchev–Trinajstić information content (AvgIpc) is 2.66. The first-order chi connectivity index (χ1) is 8.54. The van der Waals surface area contributed by atoms with Gasteiger partial charge in [-0.15, -0.1) is 0 Å². The lowest BCUT2D eigenvalue weighted by Gasteiger charge is -2.19. The van der Waals surface area contributed by atoms with E-state index in [0.717, 1.165) is 14.6 Å². The zero-order valence-electron chi connectivity index (χ0n) is 9.92. The normalized spacial score (nSPS) is 12.7. The van der Waals surface area contributed by atoms with E-state index in [-0.39, 0.29) is 6.04 Å². The van der Waals surface area contributed by atoms with Crippen molar-refractivity contribution in [2.75, 3.05) is 7.05 Å². The summed E-state index contributed by atoms with van der Waals surface area (Å²) in [6.45, 7) is 0. The highest BCUT2D eigenvalue weighted by molar-refractivity contribution is 14.1. The predicted octanol–water partition coefficient (Wildman–Crippen LogP) is 3.86. The highest BCUT2D eigenvalue weighted by atomic mass is 127. The van der Waals surface area contributed by atoms with Gasteiger partial charge >= 0.3 is 0 Å². The van der Waals surface area contributed by atoms with Crippen molar-refractivity contribution < 1.29 is 0 Å². The van der Waals surface area contributed by atoms with Crippen molar-refractivity contribution in [1.82, 2.24) is 15.1 Å². The van der Waals surface area contributed by atoms with E-state index in [0.29, 0.717) is 0 Å². The SMILES string of the molecule is CNC(c1cc(Br)ccc1I)c1c(Br)cnn1C. The van der Waals surface area contributed by atoms with Gasteiger partial charge in [0.05, 0.1) is 22.4 Å². The highest BCUT2D eigenvalue weighted by Crippen LogP contribution is 2.32. The minimum atomic E-state index is 0.108. The van der Waals surface area contributed by atoms with Crippen LogP contribution < -0.4 is 5.32 Å². The summed E-state index contributed by atoms with van der Waals surface area (Å²) in [4.78, 5) is 0. The van der Waals surface area contributed by atoms with Gasteiger partial charge in [-0.1, -0.05) is 15.9 Å². The molecule has 18 heavy (non-hydrogen) atoms. The molecule has 0 saturated heterocycles. The highest BCUT2D eigenvalue weighted by Gasteiger charge is 2.21. The number of rotatable bonds is 3. The second kappa shape index (κ2) is 6.02. The third-order valence-corrected chi connectivity index (χ3v) is 4.86. The van der Waals surface area contributed by atoms with Crippen LogP contribution in [-0.4, -0.2) is 16.8 Å². The molecule has 96 valence electrons. The molecule has 6 heteroatoms. The summed E-state index contributed by atoms with van der Waals surface area (Å²) in [5.41, 5.74) is 2.35. The molecule has 0 aliphatic rings. The Bertz CT molecular complexity index is 549. The fourth-order valence-corrected chi connectivity index (χ4v) is 3.52. The molecule has 1 aromatic carbocycles. The largest absolute Gasteiger partial charge is 0.308 e. The van der Waals surface area contributed by atoms with Crippen molar-refractivity contribution in [1.29, 1.82) is 0 Å². The number of hydrogen-bond donors (Lipinski definition) is 1. The fourth-order valence-electron chi connectivity index (χ4n) is 1.92. The Kier molecular flexibility index (Phi) is 4.85. The fraction of sp³-hybridized carbons (Fsp3) is 0.250. The number of nitrogens with one attached hydrogen (secondary N) is 1. The van der Waals surface area contributed by atoms with E-state index in [9.17, 15) is 0 Å². The van der Waals surface area contributed by atoms with Gasteiger partial charge in [0, 0.05) is 15.1 Å². The third kappa shape index (κ3) is 2.81. The van der Waals surface area contributed by atoms with E-state index < -0.39 is 0 Å². The average molecular weight is 485 g/mol. The minimum absolute atomic E-state index is 0.108. The van der Waals surface area contributed by atoms with Crippen LogP contribution in [0.15, 0.2) is 33.3 Å². The summed E-state index contributed by atoms with van der Waals surface area (Å²) in [7, 11) is 3.91. The Hall–Kier alpha value is 0.0800. The van der Waals surface area contributed by atoms with Crippen molar-refractivity contribution in [2.24, 2.45) is 7.05 Å². The second-order valence-corrected chi connectivity index (χ2v) is 6.82. The van der Waals surface area contributed by atoms with E-state index in [4.69, 9.17) is 0 Å². The molecule has 1 N–H and O–H groups in total. The lowest BCUT2D eigenvalue weighted by atomic mass is 10.0. The molecule has 2 rings (SSSR count). The van der Waals surface area contributed by atoms with Gasteiger partial charge in [0.2, 0.25) is 0 Å². The summed E-state index contributed by atoms with van der Waals surface area (Å²) < 4.78 is 5.21. The van der Waals surface area contributed by atoms with Crippen LogP contribution in [0.5, 0.6) is 0 Å². The summed E-state index contributed by atoms with van der Waals surface area (Å²) >= 11 is 9.45. The molecule has 1 atom stereocenters. The molecule has 0 aliphatic heterocycles. The molecule has 0 bridgehead atoms. The molecule has 3 nitrogen and oxygen atoms in total. The first-order valence-corrected chi connectivity index (χ1v) is 8.00. The summed E-state index contributed by atoms with van der Waals surface area (Å²) in [5.74, 6) is 0. The number of aromatic nitrogens is 2. The van der Waals surface area contributed by atoms with Crippen LogP contribution in [0, 0.1) is 3.57 Å². The molecule has 0 saturated carbocycles. The first-order valence-electron chi connectivity index (χ1n) is 5.34. The summed E-state index contributed by atoms with van der Waals surface area (Å²) in [6.07, 6.45) is 1.82. The Morgan fingerprint density at radius 3 is 2.67 bits per heavy atom. The second-order valence-electron chi connectivity index (χ2n) is 3.89. The summed E-state index contributed by atoms with van der Waals surface area (Å²) in [6, 6.07) is 6.41. The van der Waals surface area contributed by atoms with Gasteiger partial charge in [-0.2, -0.15) is 5.10 Å². The standard InChI is InChI=1S/C12H12Br2IN3/c1-16-11(12-9(14)6-17-18(12)2)8-5-7(13)3-4-10(8)15/h3-6,11,16H,1-2H3. The Balaban J connectivity index is 2.55. The lowest BCUT2D eigenvalue weighted by Crippen LogP contribution is -2.22. The first kappa shape index (κ1) is 14.5. The van der Waals surface area contributed by atoms with E-state index >= 15 is 0 Å². The van der Waals surface area contributed by atoms with Gasteiger partial charge in [0.25, 0.3) is 0 Å². The Morgan fingerprint density at radius 2 is 2.11 bits per heavy atom. The molecular formula is C12H12Br2IN3. The van der Waals surface area contributed by atoms with Gasteiger partial charge < -0.3 is 5.32 Å². The number of hydrogen-bond acceptors (Lipinski definition) is 2. The quantitative estimate of drug-likeness (QED) is 0.671. The lowest BCUT2D eigenvalue weighted by molar-refractivity contribution is 0.602. The van der Waals surface area contributed by atoms with E-state index in [2.05, 4.69) is 83.1 Å². The molecular weight excluding hydrogens is 473 g/mol. The number of nitrogens with zero attached hydrogens (tertiary/aromatic N) is 2. The number of halogens is 3. The molecule has 0 amide bonds. The molecule has 2 aromatic rings. The van der Waals surface area contributed by atoms with Crippen LogP contribution in [0.4, 0.5) is 0 Å². The van der Waals surface area contributed by atoms with E-state index in [1.807, 2.05) is 25.0 Å². The maximum atomic E-state index is 4.28. The van der Waals surface area contributed by atoms with Crippen molar-refractivity contribution in [2.45, 2.75) is 6.04 Å². The van der Waals surface area contributed by atoms with Crippen molar-refractivity contribution in [3.05, 3.63) is 48.2 Å². The van der Waals surface area contributed by atoms with Crippen molar-refractivity contribution in [3.8, 4) is 0 Å². The topological polar surface area (TPSA) is 29.9 Å². The van der Waals surface area contributed by atoms with Crippen LogP contribution in [-0.2, 0) is 7.05 Å². The van der Waals surface area contributed by atoms with Crippen LogP contribution in [0.25, 0.3) is 0 Å². The molecule has 0 fully saturated rings. The third-order valence-electron chi connectivity index (χ3n) is 2.77. The van der Waals surface area contributed by atoms with Gasteiger partial charge in [-0.25, -0.2) is 0 Å². The molecule has 1 aromatic heterocycles. The van der Waals surface area contributed by atoms with Crippen LogP contribution in [0.2, 0.25) is 0 Å². The van der Waals surface area contributed by atoms with E-state index in [1.54, 1.807) is 0 Å². The summed E-state index contributed by atoms with van der Waals surface area (Å²) in [5, 5.41) is 7.63. The molecule has 0 radical (unpaired) electrons. The number of aryl methyl sites for hydroxylation is 1. The zero-order chi connectivity index (χ0) is 13.3. The minimum Gasteiger partial charge on any atom is -0.308 e. The molecule has 0 spiro atoms. The van der Waals surface area contributed by atoms with E-state index in [1.165, 1.54) is 9.13 Å².